The lowest BCUT2D eigenvalue weighted by Crippen LogP contribution is -2.39. The third kappa shape index (κ3) is 3.39. The molecule has 0 spiro atoms. The van der Waals surface area contributed by atoms with Crippen LogP contribution in [-0.4, -0.2) is 23.4 Å². The van der Waals surface area contributed by atoms with Crippen molar-refractivity contribution >= 4 is 33.7 Å². The summed E-state index contributed by atoms with van der Waals surface area (Å²) in [6, 6.07) is 18.6. The van der Waals surface area contributed by atoms with Crippen LogP contribution >= 0.6 is 11.3 Å². The van der Waals surface area contributed by atoms with Gasteiger partial charge in [0.05, 0.1) is 5.71 Å². The first kappa shape index (κ1) is 20.2. The van der Waals surface area contributed by atoms with Crippen molar-refractivity contribution in [3.8, 4) is 11.1 Å². The molecule has 0 saturated heterocycles. The summed E-state index contributed by atoms with van der Waals surface area (Å²) in [5.74, 6) is 0.736. The lowest BCUT2D eigenvalue weighted by atomic mass is 9.97. The number of fused-ring (bicyclic) bond motifs is 1. The lowest BCUT2D eigenvalue weighted by Gasteiger charge is -2.24. The molecule has 0 radical (unpaired) electrons. The predicted octanol–water partition coefficient (Wildman–Crippen LogP) is 6.44. The maximum Gasteiger partial charge on any atom is 0.132 e. The fraction of sp³-hybridized carbons (Fsp3) is 0.240. The number of nitrogens with one attached hydrogen (secondary N) is 2. The summed E-state index contributed by atoms with van der Waals surface area (Å²) in [5, 5.41) is 18.0. The number of hydrogen-bond acceptors (Lipinski definition) is 4. The SMILES string of the molecule is CCC1N=C(c2ccc(-c3ccccc3)cc2)c2c(sc(C)c2C)N(C(C)=N)C1=N. The Kier molecular flexibility index (Phi) is 5.39. The molecule has 1 aromatic heterocycles. The molecule has 2 heterocycles. The zero-order valence-electron chi connectivity index (χ0n) is 17.8. The van der Waals surface area contributed by atoms with Gasteiger partial charge in [0.1, 0.15) is 22.7 Å². The van der Waals surface area contributed by atoms with Crippen LogP contribution in [0.2, 0.25) is 0 Å². The molecule has 5 heteroatoms. The minimum Gasteiger partial charge on any atom is -0.288 e. The molecular formula is C25H26N4S. The van der Waals surface area contributed by atoms with E-state index in [-0.39, 0.29) is 6.04 Å². The van der Waals surface area contributed by atoms with E-state index in [0.717, 1.165) is 28.3 Å². The molecule has 0 bridgehead atoms. The summed E-state index contributed by atoms with van der Waals surface area (Å²) in [5.41, 5.74) is 6.56. The van der Waals surface area contributed by atoms with Gasteiger partial charge in [-0.25, -0.2) is 0 Å². The average Bonchev–Trinajstić information content (AvgIpc) is 2.96. The third-order valence-electron chi connectivity index (χ3n) is 5.64. The number of amidine groups is 2. The maximum atomic E-state index is 8.77. The first-order valence-corrected chi connectivity index (χ1v) is 11.0. The van der Waals surface area contributed by atoms with Crippen molar-refractivity contribution in [2.24, 2.45) is 4.99 Å². The molecule has 30 heavy (non-hydrogen) atoms. The van der Waals surface area contributed by atoms with E-state index in [9.17, 15) is 0 Å². The van der Waals surface area contributed by atoms with Crippen LogP contribution in [0.1, 0.15) is 41.8 Å². The van der Waals surface area contributed by atoms with Crippen molar-refractivity contribution in [2.45, 2.75) is 40.2 Å². The van der Waals surface area contributed by atoms with Gasteiger partial charge in [0.15, 0.2) is 0 Å². The number of benzene rings is 2. The van der Waals surface area contributed by atoms with Crippen molar-refractivity contribution in [3.05, 3.63) is 76.2 Å². The molecule has 2 aromatic carbocycles. The van der Waals surface area contributed by atoms with Crippen molar-refractivity contribution in [1.82, 2.24) is 0 Å². The standard InChI is InChI=1S/C25H26N4S/c1-5-21-24(27)29(17(4)26)25-22(15(2)16(3)30-25)23(28-21)20-13-11-19(12-14-20)18-9-7-6-8-10-18/h6-14,21,26-27H,5H2,1-4H3. The summed E-state index contributed by atoms with van der Waals surface area (Å²) < 4.78 is 0. The van der Waals surface area contributed by atoms with Crippen LogP contribution in [0.4, 0.5) is 5.00 Å². The van der Waals surface area contributed by atoms with Crippen LogP contribution in [0.3, 0.4) is 0 Å². The fourth-order valence-corrected chi connectivity index (χ4v) is 5.10. The van der Waals surface area contributed by atoms with Crippen molar-refractivity contribution in [1.29, 1.82) is 10.8 Å². The molecule has 1 aliphatic heterocycles. The highest BCUT2D eigenvalue weighted by atomic mass is 32.1. The number of rotatable bonds is 3. The molecule has 0 amide bonds. The summed E-state index contributed by atoms with van der Waals surface area (Å²) in [4.78, 5) is 8.02. The van der Waals surface area contributed by atoms with Crippen molar-refractivity contribution < 1.29 is 0 Å². The predicted molar refractivity (Wildman–Crippen MR) is 129 cm³/mol. The summed E-state index contributed by atoms with van der Waals surface area (Å²) in [7, 11) is 0. The minimum absolute atomic E-state index is 0.270. The van der Waals surface area contributed by atoms with Gasteiger partial charge in [-0.2, -0.15) is 0 Å². The molecule has 0 aliphatic carbocycles. The normalized spacial score (nSPS) is 16.1. The number of anilines is 1. The Bertz CT molecular complexity index is 1140. The van der Waals surface area contributed by atoms with E-state index < -0.39 is 0 Å². The van der Waals surface area contributed by atoms with Crippen molar-refractivity contribution in [2.75, 3.05) is 4.90 Å². The summed E-state index contributed by atoms with van der Waals surface area (Å²) >= 11 is 1.64. The zero-order chi connectivity index (χ0) is 21.4. The Labute approximate surface area is 181 Å². The second-order valence-electron chi connectivity index (χ2n) is 7.61. The molecule has 3 aromatic rings. The van der Waals surface area contributed by atoms with Crippen LogP contribution in [-0.2, 0) is 0 Å². The first-order valence-electron chi connectivity index (χ1n) is 10.2. The number of hydrogen-bond donors (Lipinski definition) is 2. The molecule has 4 rings (SSSR count). The van der Waals surface area contributed by atoms with Crippen LogP contribution in [0.25, 0.3) is 11.1 Å². The topological polar surface area (TPSA) is 63.3 Å². The van der Waals surface area contributed by atoms with E-state index in [1.54, 1.807) is 23.2 Å². The molecule has 2 N–H and O–H groups in total. The highest BCUT2D eigenvalue weighted by molar-refractivity contribution is 7.17. The van der Waals surface area contributed by atoms with Gasteiger partial charge < -0.3 is 0 Å². The molecule has 152 valence electrons. The Morgan fingerprint density at radius 2 is 1.60 bits per heavy atom. The lowest BCUT2D eigenvalue weighted by molar-refractivity contribution is 0.810. The van der Waals surface area contributed by atoms with Gasteiger partial charge in [-0.3, -0.25) is 20.7 Å². The van der Waals surface area contributed by atoms with Gasteiger partial charge in [-0.15, -0.1) is 11.3 Å². The van der Waals surface area contributed by atoms with E-state index in [1.165, 1.54) is 21.6 Å². The van der Waals surface area contributed by atoms with E-state index >= 15 is 0 Å². The van der Waals surface area contributed by atoms with E-state index in [1.807, 2.05) is 25.1 Å². The molecule has 0 fully saturated rings. The second-order valence-corrected chi connectivity index (χ2v) is 8.82. The monoisotopic (exact) mass is 414 g/mol. The van der Waals surface area contributed by atoms with Gasteiger partial charge in [-0.1, -0.05) is 61.5 Å². The van der Waals surface area contributed by atoms with Crippen LogP contribution in [0.15, 0.2) is 59.6 Å². The second kappa shape index (κ2) is 8.00. The number of aryl methyl sites for hydroxylation is 1. The molecule has 4 nitrogen and oxygen atoms in total. The van der Waals surface area contributed by atoms with E-state index in [0.29, 0.717) is 11.7 Å². The number of thiophene rings is 1. The Morgan fingerprint density at radius 3 is 2.20 bits per heavy atom. The van der Waals surface area contributed by atoms with Gasteiger partial charge in [0, 0.05) is 16.0 Å². The molecule has 1 atom stereocenters. The number of nitrogens with zero attached hydrogens (tertiary/aromatic N) is 2. The van der Waals surface area contributed by atoms with Gasteiger partial charge in [0.2, 0.25) is 0 Å². The largest absolute Gasteiger partial charge is 0.288 e. The Hall–Kier alpha value is -3.05. The van der Waals surface area contributed by atoms with Crippen LogP contribution in [0, 0.1) is 24.7 Å². The fourth-order valence-electron chi connectivity index (χ4n) is 3.87. The Balaban J connectivity index is 1.88. The highest BCUT2D eigenvalue weighted by Crippen LogP contribution is 2.40. The summed E-state index contributed by atoms with van der Waals surface area (Å²) in [6.45, 7) is 8.01. The quantitative estimate of drug-likeness (QED) is 0.376. The van der Waals surface area contributed by atoms with E-state index in [2.05, 4.69) is 50.2 Å². The smallest absolute Gasteiger partial charge is 0.132 e. The summed E-state index contributed by atoms with van der Waals surface area (Å²) in [6.07, 6.45) is 0.723. The molecular weight excluding hydrogens is 388 g/mol. The van der Waals surface area contributed by atoms with Crippen LogP contribution in [0.5, 0.6) is 0 Å². The Morgan fingerprint density at radius 1 is 1.00 bits per heavy atom. The number of aliphatic imine (C=N–C) groups is 1. The van der Waals surface area contributed by atoms with E-state index in [4.69, 9.17) is 15.8 Å². The van der Waals surface area contributed by atoms with Gasteiger partial charge in [0.25, 0.3) is 0 Å². The molecule has 1 aliphatic rings. The molecule has 1 unspecified atom stereocenters. The highest BCUT2D eigenvalue weighted by Gasteiger charge is 2.33. The third-order valence-corrected chi connectivity index (χ3v) is 6.83. The first-order chi connectivity index (χ1) is 14.4. The molecule has 0 saturated carbocycles. The van der Waals surface area contributed by atoms with Gasteiger partial charge >= 0.3 is 0 Å². The van der Waals surface area contributed by atoms with Crippen LogP contribution < -0.4 is 4.90 Å². The minimum atomic E-state index is -0.270. The zero-order valence-corrected chi connectivity index (χ0v) is 18.6. The maximum absolute atomic E-state index is 8.77. The average molecular weight is 415 g/mol. The van der Waals surface area contributed by atoms with Gasteiger partial charge in [-0.05, 0) is 43.9 Å². The van der Waals surface area contributed by atoms with Crippen molar-refractivity contribution in [3.63, 3.8) is 0 Å².